The maximum absolute atomic E-state index is 12.5. The molecule has 9 heteroatoms. The fraction of sp³-hybridized carbons (Fsp3) is 0.720. The maximum Gasteiger partial charge on any atom is 0.410 e. The number of hydrogen-bond donors (Lipinski definition) is 0. The zero-order valence-corrected chi connectivity index (χ0v) is 24.4. The molecule has 1 atom stereocenters. The highest BCUT2D eigenvalue weighted by Crippen LogP contribution is 2.42. The van der Waals surface area contributed by atoms with Gasteiger partial charge in [-0.05, 0) is 38.4 Å². The number of hydrogen-bond acceptors (Lipinski definition) is 7. The lowest BCUT2D eigenvalue weighted by atomic mass is 10.0. The van der Waals surface area contributed by atoms with Crippen LogP contribution < -0.4 is 14.2 Å². The van der Waals surface area contributed by atoms with Crippen LogP contribution in [0.3, 0.4) is 0 Å². The van der Waals surface area contributed by atoms with Gasteiger partial charge in [-0.1, -0.05) is 20.8 Å². The van der Waals surface area contributed by atoms with E-state index in [1.807, 2.05) is 17.0 Å². The van der Waals surface area contributed by atoms with Crippen molar-refractivity contribution in [2.24, 2.45) is 0 Å². The van der Waals surface area contributed by atoms with Gasteiger partial charge in [0.2, 0.25) is 0 Å². The molecule has 34 heavy (non-hydrogen) atoms. The molecule has 1 aromatic rings. The van der Waals surface area contributed by atoms with Crippen LogP contribution in [0.1, 0.15) is 46.6 Å². The highest BCUT2D eigenvalue weighted by molar-refractivity contribution is 7.99. The summed E-state index contributed by atoms with van der Waals surface area (Å²) < 4.78 is 28.1. The molecule has 0 spiro atoms. The van der Waals surface area contributed by atoms with Gasteiger partial charge in [0.1, 0.15) is 23.9 Å². The third-order valence-electron chi connectivity index (χ3n) is 7.00. The minimum absolute atomic E-state index is 0.0342. The number of carbonyl (C=O) groups is 1. The number of carbonyl (C=O) groups excluding carboxylic acids is 1. The SMILES string of the molecule is COc1cc(OC)c(CSC(C)(C)[C@@H]2COC(=O)N2CCCO[Si](C)(C)C(C)(C)C)c(OC)c1. The van der Waals surface area contributed by atoms with Crippen molar-refractivity contribution < 1.29 is 28.2 Å². The number of ether oxygens (including phenoxy) is 4. The second-order valence-corrected chi connectivity index (χ2v) is 17.1. The molecule has 1 saturated heterocycles. The Balaban J connectivity index is 2.05. The Hall–Kier alpha value is -1.58. The molecule has 1 aliphatic rings. The van der Waals surface area contributed by atoms with Gasteiger partial charge in [0, 0.05) is 41.3 Å². The first-order valence-corrected chi connectivity index (χ1v) is 15.7. The molecule has 1 amide bonds. The molecular formula is C25H43NO6SSi. The van der Waals surface area contributed by atoms with E-state index in [1.165, 1.54) is 0 Å². The zero-order chi connectivity index (χ0) is 25.7. The summed E-state index contributed by atoms with van der Waals surface area (Å²) in [7, 11) is 3.11. The summed E-state index contributed by atoms with van der Waals surface area (Å²) in [5.74, 6) is 2.79. The number of amides is 1. The second-order valence-electron chi connectivity index (χ2n) is 10.7. The van der Waals surface area contributed by atoms with Gasteiger partial charge in [-0.2, -0.15) is 0 Å². The Morgan fingerprint density at radius 3 is 2.15 bits per heavy atom. The molecular weight excluding hydrogens is 470 g/mol. The topological polar surface area (TPSA) is 66.5 Å². The first-order valence-electron chi connectivity index (χ1n) is 11.8. The van der Waals surface area contributed by atoms with E-state index < -0.39 is 8.32 Å². The predicted molar refractivity (Wildman–Crippen MR) is 141 cm³/mol. The van der Waals surface area contributed by atoms with Gasteiger partial charge in [0.05, 0.1) is 27.4 Å². The van der Waals surface area contributed by atoms with E-state index in [0.29, 0.717) is 31.3 Å². The molecule has 0 aromatic heterocycles. The molecule has 194 valence electrons. The number of cyclic esters (lactones) is 1. The largest absolute Gasteiger partial charge is 0.496 e. The first-order chi connectivity index (χ1) is 15.8. The van der Waals surface area contributed by atoms with E-state index in [1.54, 1.807) is 33.1 Å². The van der Waals surface area contributed by atoms with Gasteiger partial charge < -0.3 is 28.3 Å². The van der Waals surface area contributed by atoms with Crippen LogP contribution in [-0.4, -0.2) is 71.2 Å². The zero-order valence-electron chi connectivity index (χ0n) is 22.6. The van der Waals surface area contributed by atoms with Crippen molar-refractivity contribution in [3.63, 3.8) is 0 Å². The van der Waals surface area contributed by atoms with Gasteiger partial charge in [0.25, 0.3) is 0 Å². The summed E-state index contributed by atoms with van der Waals surface area (Å²) >= 11 is 1.76. The van der Waals surface area contributed by atoms with Crippen molar-refractivity contribution in [2.75, 3.05) is 41.1 Å². The molecule has 1 heterocycles. The van der Waals surface area contributed by atoms with E-state index in [4.69, 9.17) is 23.4 Å². The summed E-state index contributed by atoms with van der Waals surface area (Å²) in [6.07, 6.45) is 0.546. The minimum atomic E-state index is -1.80. The van der Waals surface area contributed by atoms with Crippen LogP contribution in [0.25, 0.3) is 0 Å². The molecule has 0 aliphatic carbocycles. The quantitative estimate of drug-likeness (QED) is 0.252. The first kappa shape index (κ1) is 28.7. The normalized spacial score (nSPS) is 17.1. The van der Waals surface area contributed by atoms with Crippen molar-refractivity contribution in [3.8, 4) is 17.2 Å². The Morgan fingerprint density at radius 1 is 1.06 bits per heavy atom. The van der Waals surface area contributed by atoms with Gasteiger partial charge in [-0.15, -0.1) is 11.8 Å². The molecule has 1 fully saturated rings. The summed E-state index contributed by atoms with van der Waals surface area (Å²) in [5, 5.41) is 0.171. The lowest BCUT2D eigenvalue weighted by Crippen LogP contribution is -2.47. The summed E-state index contributed by atoms with van der Waals surface area (Å²) in [6.45, 7) is 17.2. The molecule has 0 radical (unpaired) electrons. The lowest BCUT2D eigenvalue weighted by molar-refractivity contribution is 0.154. The summed E-state index contributed by atoms with van der Waals surface area (Å²) in [5.41, 5.74) is 0.962. The molecule has 0 N–H and O–H groups in total. The van der Waals surface area contributed by atoms with Crippen LogP contribution in [0.4, 0.5) is 4.79 Å². The molecule has 1 aromatic carbocycles. The average Bonchev–Trinajstić information content (AvgIpc) is 3.15. The van der Waals surface area contributed by atoms with E-state index in [9.17, 15) is 4.79 Å². The van der Waals surface area contributed by atoms with E-state index in [0.717, 1.165) is 23.5 Å². The van der Waals surface area contributed by atoms with Crippen LogP contribution in [-0.2, 0) is 14.9 Å². The van der Waals surface area contributed by atoms with Crippen molar-refractivity contribution >= 4 is 26.2 Å². The fourth-order valence-corrected chi connectivity index (χ4v) is 5.90. The van der Waals surface area contributed by atoms with Crippen molar-refractivity contribution in [2.45, 2.75) is 75.7 Å². The standard InChI is InChI=1S/C25H43NO6SSi/c1-24(2,3)34(9,10)32-13-11-12-26-22(16-31-23(26)27)25(4,5)33-17-19-20(29-7)14-18(28-6)15-21(19)30-8/h14-15,22H,11-13,16-17H2,1-10H3/t22-/m0/s1. The van der Waals surface area contributed by atoms with Crippen molar-refractivity contribution in [3.05, 3.63) is 17.7 Å². The molecule has 7 nitrogen and oxygen atoms in total. The highest BCUT2D eigenvalue weighted by atomic mass is 32.2. The lowest BCUT2D eigenvalue weighted by Gasteiger charge is -2.37. The minimum Gasteiger partial charge on any atom is -0.496 e. The highest BCUT2D eigenvalue weighted by Gasteiger charge is 2.43. The van der Waals surface area contributed by atoms with Crippen LogP contribution in [0.2, 0.25) is 18.1 Å². The third kappa shape index (κ3) is 6.76. The third-order valence-corrected chi connectivity index (χ3v) is 13.0. The fourth-order valence-electron chi connectivity index (χ4n) is 3.63. The Bertz CT molecular complexity index is 814. The van der Waals surface area contributed by atoms with E-state index in [-0.39, 0.29) is 21.9 Å². The van der Waals surface area contributed by atoms with Gasteiger partial charge in [0.15, 0.2) is 8.32 Å². The smallest absolute Gasteiger partial charge is 0.410 e. The van der Waals surface area contributed by atoms with Crippen molar-refractivity contribution in [1.82, 2.24) is 4.90 Å². The van der Waals surface area contributed by atoms with E-state index >= 15 is 0 Å². The average molecular weight is 514 g/mol. The van der Waals surface area contributed by atoms with E-state index in [2.05, 4.69) is 47.7 Å². The van der Waals surface area contributed by atoms with Crippen LogP contribution in [0.15, 0.2) is 12.1 Å². The van der Waals surface area contributed by atoms with Crippen LogP contribution in [0.5, 0.6) is 17.2 Å². The number of thioether (sulfide) groups is 1. The predicted octanol–water partition coefficient (Wildman–Crippen LogP) is 5.96. The van der Waals surface area contributed by atoms with Crippen LogP contribution >= 0.6 is 11.8 Å². The molecule has 0 bridgehead atoms. The van der Waals surface area contributed by atoms with Gasteiger partial charge in [-0.25, -0.2) is 4.79 Å². The number of methoxy groups -OCH3 is 3. The van der Waals surface area contributed by atoms with Gasteiger partial charge in [-0.3, -0.25) is 0 Å². The maximum atomic E-state index is 12.5. The Kier molecular flexibility index (Phi) is 9.64. The second kappa shape index (κ2) is 11.4. The monoisotopic (exact) mass is 513 g/mol. The Labute approximate surface area is 210 Å². The molecule has 0 unspecified atom stereocenters. The van der Waals surface area contributed by atoms with Crippen LogP contribution in [0, 0.1) is 0 Å². The molecule has 1 aliphatic heterocycles. The van der Waals surface area contributed by atoms with Gasteiger partial charge >= 0.3 is 6.09 Å². The summed E-state index contributed by atoms with van der Waals surface area (Å²) in [6, 6.07) is 3.69. The molecule has 0 saturated carbocycles. The van der Waals surface area contributed by atoms with Crippen molar-refractivity contribution in [1.29, 1.82) is 0 Å². The number of rotatable bonds is 12. The summed E-state index contributed by atoms with van der Waals surface area (Å²) in [4.78, 5) is 14.4. The number of benzene rings is 1. The molecule has 2 rings (SSSR count). The number of nitrogens with zero attached hydrogens (tertiary/aromatic N) is 1. The Morgan fingerprint density at radius 2 is 1.65 bits per heavy atom.